The average Bonchev–Trinajstić information content (AvgIpc) is 3.01. The highest BCUT2D eigenvalue weighted by Gasteiger charge is 2.24. The molecule has 1 saturated heterocycles. The van der Waals surface area contributed by atoms with E-state index in [2.05, 4.69) is 20.4 Å². The lowest BCUT2D eigenvalue weighted by Gasteiger charge is -2.31. The van der Waals surface area contributed by atoms with Crippen LogP contribution in [-0.4, -0.2) is 35.4 Å². The molecule has 1 aliphatic rings. The molecule has 0 unspecified atom stereocenters. The highest BCUT2D eigenvalue weighted by molar-refractivity contribution is 7.14. The van der Waals surface area contributed by atoms with Crippen LogP contribution in [0.4, 0.5) is 16.6 Å². The number of aliphatic carboxylic acids is 1. The number of nitrogens with one attached hydrogen (secondary N) is 1. The van der Waals surface area contributed by atoms with Gasteiger partial charge < -0.3 is 15.7 Å². The van der Waals surface area contributed by atoms with Crippen LogP contribution in [0.3, 0.4) is 0 Å². The third-order valence-corrected chi connectivity index (χ3v) is 4.76. The van der Waals surface area contributed by atoms with Crippen molar-refractivity contribution in [2.45, 2.75) is 12.8 Å². The van der Waals surface area contributed by atoms with Crippen molar-refractivity contribution in [1.82, 2.24) is 4.98 Å². The van der Waals surface area contributed by atoms with E-state index in [1.807, 2.05) is 24.3 Å². The smallest absolute Gasteiger partial charge is 0.306 e. The van der Waals surface area contributed by atoms with Gasteiger partial charge in [-0.2, -0.15) is 5.10 Å². The maximum atomic E-state index is 11.0. The lowest BCUT2D eigenvalue weighted by molar-refractivity contribution is -0.142. The molecule has 0 radical (unpaired) electrons. The van der Waals surface area contributed by atoms with Crippen LogP contribution in [0.1, 0.15) is 18.4 Å². The van der Waals surface area contributed by atoms with Crippen LogP contribution >= 0.6 is 11.3 Å². The maximum Gasteiger partial charge on any atom is 0.306 e. The van der Waals surface area contributed by atoms with E-state index in [-0.39, 0.29) is 5.92 Å². The minimum atomic E-state index is -0.685. The number of nitrogens with two attached hydrogens (primary N) is 1. The molecule has 24 heavy (non-hydrogen) atoms. The average molecular weight is 345 g/mol. The van der Waals surface area contributed by atoms with Gasteiger partial charge in [0.25, 0.3) is 0 Å². The molecule has 0 bridgehead atoms. The summed E-state index contributed by atoms with van der Waals surface area (Å²) in [5, 5.41) is 15.6. The lowest BCUT2D eigenvalue weighted by atomic mass is 9.96. The van der Waals surface area contributed by atoms with Crippen LogP contribution < -0.4 is 16.1 Å². The predicted molar refractivity (Wildman–Crippen MR) is 96.8 cm³/mol. The first-order valence-corrected chi connectivity index (χ1v) is 8.57. The molecular formula is C16H19N5O2S. The molecule has 126 valence electrons. The van der Waals surface area contributed by atoms with Crippen molar-refractivity contribution in [3.8, 4) is 0 Å². The van der Waals surface area contributed by atoms with E-state index >= 15 is 0 Å². The topological polar surface area (TPSA) is 104 Å². The van der Waals surface area contributed by atoms with Crippen molar-refractivity contribution >= 4 is 40.2 Å². The Balaban J connectivity index is 1.54. The van der Waals surface area contributed by atoms with Crippen LogP contribution in [0, 0.1) is 5.92 Å². The van der Waals surface area contributed by atoms with Gasteiger partial charge in [-0.25, -0.2) is 4.98 Å². The molecule has 3 rings (SSSR count). The normalized spacial score (nSPS) is 15.8. The van der Waals surface area contributed by atoms with Gasteiger partial charge in [0.2, 0.25) is 5.13 Å². The number of thiazole rings is 1. The zero-order chi connectivity index (χ0) is 16.9. The highest BCUT2D eigenvalue weighted by Crippen LogP contribution is 2.23. The summed E-state index contributed by atoms with van der Waals surface area (Å²) < 4.78 is 0. The monoisotopic (exact) mass is 345 g/mol. The van der Waals surface area contributed by atoms with Crippen LogP contribution in [0.25, 0.3) is 0 Å². The number of aromatic nitrogens is 1. The third-order valence-electron chi connectivity index (χ3n) is 4.00. The Morgan fingerprint density at radius 1 is 1.38 bits per heavy atom. The van der Waals surface area contributed by atoms with Crippen molar-refractivity contribution in [2.75, 3.05) is 29.1 Å². The summed E-state index contributed by atoms with van der Waals surface area (Å²) in [6.07, 6.45) is 3.11. The summed E-state index contributed by atoms with van der Waals surface area (Å²) in [6, 6.07) is 8.04. The van der Waals surface area contributed by atoms with Gasteiger partial charge in [-0.1, -0.05) is 12.1 Å². The number of nitrogens with zero attached hydrogens (tertiary/aromatic N) is 3. The number of hydrazone groups is 1. The minimum Gasteiger partial charge on any atom is -0.481 e. The second-order valence-corrected chi connectivity index (χ2v) is 6.50. The molecule has 1 aromatic heterocycles. The van der Waals surface area contributed by atoms with Crippen molar-refractivity contribution in [1.29, 1.82) is 0 Å². The van der Waals surface area contributed by atoms with E-state index in [4.69, 9.17) is 10.8 Å². The zero-order valence-corrected chi connectivity index (χ0v) is 13.9. The SMILES string of the molecule is Nc1csc(NN=Cc2ccc(N3CCC(C(=O)O)CC3)cc2)n1. The molecule has 2 aromatic rings. The standard InChI is InChI=1S/C16H19N5O2S/c17-14-10-24-16(19-14)20-18-9-11-1-3-13(4-2-11)21-7-5-12(6-8-21)15(22)23/h1-4,9-10,12H,5-8,17H2,(H,19,20)(H,22,23). The summed E-state index contributed by atoms with van der Waals surface area (Å²) >= 11 is 1.40. The second kappa shape index (κ2) is 7.31. The van der Waals surface area contributed by atoms with Crippen LogP contribution in [0.15, 0.2) is 34.7 Å². The predicted octanol–water partition coefficient (Wildman–Crippen LogP) is 2.47. The fourth-order valence-corrected chi connectivity index (χ4v) is 3.20. The molecule has 0 spiro atoms. The summed E-state index contributed by atoms with van der Waals surface area (Å²) in [6.45, 7) is 1.55. The Kier molecular flexibility index (Phi) is 4.95. The number of carbonyl (C=O) groups is 1. The van der Waals surface area contributed by atoms with E-state index in [1.54, 1.807) is 11.6 Å². The van der Waals surface area contributed by atoms with Gasteiger partial charge in [0, 0.05) is 24.2 Å². The fourth-order valence-electron chi connectivity index (χ4n) is 2.66. The number of hydrogen-bond acceptors (Lipinski definition) is 7. The summed E-state index contributed by atoms with van der Waals surface area (Å²) in [5.74, 6) is -0.414. The first-order valence-electron chi connectivity index (χ1n) is 7.70. The molecule has 0 atom stereocenters. The number of carboxylic acids is 1. The number of nitrogen functional groups attached to an aromatic ring is 1. The first kappa shape index (κ1) is 16.3. The minimum absolute atomic E-state index is 0.210. The largest absolute Gasteiger partial charge is 0.481 e. The highest BCUT2D eigenvalue weighted by atomic mass is 32.1. The van der Waals surface area contributed by atoms with E-state index < -0.39 is 5.97 Å². The Bertz CT molecular complexity index is 720. The van der Waals surface area contributed by atoms with Gasteiger partial charge in [0.15, 0.2) is 0 Å². The summed E-state index contributed by atoms with van der Waals surface area (Å²) in [4.78, 5) is 17.3. The van der Waals surface area contributed by atoms with E-state index in [1.165, 1.54) is 11.3 Å². The molecule has 0 amide bonds. The molecule has 1 fully saturated rings. The van der Waals surface area contributed by atoms with Gasteiger partial charge in [-0.05, 0) is 30.5 Å². The molecule has 0 aliphatic carbocycles. The molecule has 0 saturated carbocycles. The number of rotatable bonds is 5. The number of benzene rings is 1. The molecule has 1 aromatic carbocycles. The summed E-state index contributed by atoms with van der Waals surface area (Å²) in [7, 11) is 0. The Morgan fingerprint density at radius 2 is 2.08 bits per heavy atom. The van der Waals surface area contributed by atoms with Crippen LogP contribution in [0.2, 0.25) is 0 Å². The number of piperidine rings is 1. The maximum absolute atomic E-state index is 11.0. The van der Waals surface area contributed by atoms with Gasteiger partial charge in [-0.15, -0.1) is 11.3 Å². The molecule has 1 aliphatic heterocycles. The molecule has 2 heterocycles. The zero-order valence-electron chi connectivity index (χ0n) is 13.1. The van der Waals surface area contributed by atoms with Gasteiger partial charge in [0.05, 0.1) is 12.1 Å². The molecular weight excluding hydrogens is 326 g/mol. The van der Waals surface area contributed by atoms with E-state index in [0.29, 0.717) is 23.8 Å². The second-order valence-electron chi connectivity index (χ2n) is 5.64. The Labute approximate surface area is 143 Å². The van der Waals surface area contributed by atoms with Crippen LogP contribution in [0.5, 0.6) is 0 Å². The van der Waals surface area contributed by atoms with Gasteiger partial charge >= 0.3 is 5.97 Å². The third kappa shape index (κ3) is 4.02. The first-order chi connectivity index (χ1) is 11.6. The molecule has 4 N–H and O–H groups in total. The van der Waals surface area contributed by atoms with Crippen LogP contribution in [-0.2, 0) is 4.79 Å². The molecule has 8 heteroatoms. The quantitative estimate of drug-likeness (QED) is 0.568. The lowest BCUT2D eigenvalue weighted by Crippen LogP contribution is -2.36. The number of carboxylic acid groups (broad SMARTS) is 1. The van der Waals surface area contributed by atoms with E-state index in [9.17, 15) is 4.79 Å². The van der Waals surface area contributed by atoms with Crippen molar-refractivity contribution in [2.24, 2.45) is 11.0 Å². The number of anilines is 3. The van der Waals surface area contributed by atoms with E-state index in [0.717, 1.165) is 24.3 Å². The van der Waals surface area contributed by atoms with Gasteiger partial charge in [0.1, 0.15) is 5.82 Å². The molecule has 7 nitrogen and oxygen atoms in total. The van der Waals surface area contributed by atoms with Crippen molar-refractivity contribution in [3.63, 3.8) is 0 Å². The Morgan fingerprint density at radius 3 is 2.67 bits per heavy atom. The Hall–Kier alpha value is -2.61. The summed E-state index contributed by atoms with van der Waals surface area (Å²) in [5.41, 5.74) is 10.5. The van der Waals surface area contributed by atoms with Crippen molar-refractivity contribution in [3.05, 3.63) is 35.2 Å². The number of hydrogen-bond donors (Lipinski definition) is 3. The fraction of sp³-hybridized carbons (Fsp3) is 0.312. The van der Waals surface area contributed by atoms with Gasteiger partial charge in [-0.3, -0.25) is 10.2 Å². The van der Waals surface area contributed by atoms with Crippen molar-refractivity contribution < 1.29 is 9.90 Å².